The monoisotopic (exact) mass is 320 g/mol. The summed E-state index contributed by atoms with van der Waals surface area (Å²) in [4.78, 5) is 15.0. The normalized spacial score (nSPS) is 21.2. The fourth-order valence-electron chi connectivity index (χ4n) is 3.68. The van der Waals surface area contributed by atoms with Crippen molar-refractivity contribution in [3.8, 4) is 0 Å². The summed E-state index contributed by atoms with van der Waals surface area (Å²) in [6.07, 6.45) is 7.60. The number of carbonyl (C=O) groups excluding carboxylic acids is 1. The van der Waals surface area contributed by atoms with E-state index in [1.54, 1.807) is 6.07 Å². The van der Waals surface area contributed by atoms with Gasteiger partial charge in [-0.1, -0.05) is 30.5 Å². The predicted molar refractivity (Wildman–Crippen MR) is 90.5 cm³/mol. The van der Waals surface area contributed by atoms with E-state index in [9.17, 15) is 4.79 Å². The van der Waals surface area contributed by atoms with Crippen LogP contribution < -0.4 is 5.32 Å². The van der Waals surface area contributed by atoms with Crippen molar-refractivity contribution in [1.29, 1.82) is 0 Å². The van der Waals surface area contributed by atoms with Crippen molar-refractivity contribution in [2.45, 2.75) is 57.5 Å². The maximum absolute atomic E-state index is 12.3. The zero-order valence-corrected chi connectivity index (χ0v) is 14.0. The zero-order chi connectivity index (χ0) is 15.5. The Balaban J connectivity index is 1.51. The van der Waals surface area contributed by atoms with Gasteiger partial charge in [0.2, 0.25) is 0 Å². The molecule has 0 radical (unpaired) electrons. The van der Waals surface area contributed by atoms with Crippen LogP contribution in [0.15, 0.2) is 18.2 Å². The predicted octanol–water partition coefficient (Wildman–Crippen LogP) is 3.79. The van der Waals surface area contributed by atoms with Crippen LogP contribution in [0.4, 0.5) is 0 Å². The van der Waals surface area contributed by atoms with Crippen molar-refractivity contribution >= 4 is 17.5 Å². The van der Waals surface area contributed by atoms with Gasteiger partial charge in [-0.05, 0) is 50.3 Å². The largest absolute Gasteiger partial charge is 0.349 e. The lowest BCUT2D eigenvalue weighted by atomic mass is 10.0. The second-order valence-electron chi connectivity index (χ2n) is 6.69. The van der Waals surface area contributed by atoms with Gasteiger partial charge in [-0.3, -0.25) is 4.79 Å². The molecule has 1 saturated heterocycles. The topological polar surface area (TPSA) is 32.3 Å². The fraction of sp³-hybridized carbons (Fsp3) is 0.611. The molecule has 1 N–H and O–H groups in total. The molecule has 0 aromatic heterocycles. The molecule has 3 rings (SSSR count). The van der Waals surface area contributed by atoms with Crippen molar-refractivity contribution in [2.75, 3.05) is 13.1 Å². The molecule has 0 bridgehead atoms. The van der Waals surface area contributed by atoms with Crippen LogP contribution in [0.5, 0.6) is 0 Å². The van der Waals surface area contributed by atoms with Gasteiger partial charge in [-0.15, -0.1) is 0 Å². The minimum absolute atomic E-state index is 0.00113. The first-order valence-corrected chi connectivity index (χ1v) is 8.82. The fourth-order valence-corrected chi connectivity index (χ4v) is 3.86. The molecule has 2 aliphatic rings. The second-order valence-corrected chi connectivity index (χ2v) is 7.09. The molecular weight excluding hydrogens is 296 g/mol. The van der Waals surface area contributed by atoms with Crippen LogP contribution in [0, 0.1) is 6.92 Å². The Bertz CT molecular complexity index is 532. The van der Waals surface area contributed by atoms with E-state index in [4.69, 9.17) is 11.6 Å². The summed E-state index contributed by atoms with van der Waals surface area (Å²) in [5.74, 6) is 0.00113. The summed E-state index contributed by atoms with van der Waals surface area (Å²) >= 11 is 6.11. The Labute approximate surface area is 138 Å². The lowest BCUT2D eigenvalue weighted by molar-refractivity contribution is 0.0892. The molecule has 4 heteroatoms. The first-order chi connectivity index (χ1) is 10.6. The summed E-state index contributed by atoms with van der Waals surface area (Å²) in [6.45, 7) is 4.18. The molecule has 1 aromatic rings. The van der Waals surface area contributed by atoms with E-state index in [0.29, 0.717) is 16.6 Å². The van der Waals surface area contributed by atoms with Gasteiger partial charge in [0.25, 0.3) is 5.91 Å². The van der Waals surface area contributed by atoms with Crippen LogP contribution in [0.2, 0.25) is 5.02 Å². The summed E-state index contributed by atoms with van der Waals surface area (Å²) < 4.78 is 0. The number of hydrogen-bond acceptors (Lipinski definition) is 2. The molecule has 120 valence electrons. The number of nitrogens with zero attached hydrogens (tertiary/aromatic N) is 1. The molecule has 22 heavy (non-hydrogen) atoms. The van der Waals surface area contributed by atoms with Crippen LogP contribution in [-0.2, 0) is 0 Å². The van der Waals surface area contributed by atoms with Gasteiger partial charge in [0.1, 0.15) is 0 Å². The summed E-state index contributed by atoms with van der Waals surface area (Å²) in [6, 6.07) is 6.61. The summed E-state index contributed by atoms with van der Waals surface area (Å²) in [5.41, 5.74) is 1.66. The van der Waals surface area contributed by atoms with Crippen molar-refractivity contribution in [1.82, 2.24) is 10.2 Å². The Morgan fingerprint density at radius 2 is 1.86 bits per heavy atom. The van der Waals surface area contributed by atoms with Gasteiger partial charge < -0.3 is 10.2 Å². The lowest BCUT2D eigenvalue weighted by Gasteiger charge is -2.36. The second kappa shape index (κ2) is 7.01. The quantitative estimate of drug-likeness (QED) is 0.919. The van der Waals surface area contributed by atoms with Gasteiger partial charge in [0.05, 0.1) is 0 Å². The van der Waals surface area contributed by atoms with E-state index in [2.05, 4.69) is 10.2 Å². The van der Waals surface area contributed by atoms with E-state index in [0.717, 1.165) is 37.5 Å². The van der Waals surface area contributed by atoms with Gasteiger partial charge in [-0.25, -0.2) is 0 Å². The average Bonchev–Trinajstić information content (AvgIpc) is 3.05. The molecule has 0 atom stereocenters. The number of piperidine rings is 1. The van der Waals surface area contributed by atoms with E-state index in [1.165, 1.54) is 25.7 Å². The number of likely N-dealkylation sites (tertiary alicyclic amines) is 1. The summed E-state index contributed by atoms with van der Waals surface area (Å²) in [5, 5.41) is 3.82. The maximum Gasteiger partial charge on any atom is 0.251 e. The lowest BCUT2D eigenvalue weighted by Crippen LogP contribution is -2.47. The molecule has 1 aliphatic heterocycles. The Hall–Kier alpha value is -1.06. The highest BCUT2D eigenvalue weighted by molar-refractivity contribution is 6.31. The number of carbonyl (C=O) groups is 1. The highest BCUT2D eigenvalue weighted by Gasteiger charge is 2.27. The van der Waals surface area contributed by atoms with E-state index in [-0.39, 0.29) is 5.91 Å². The third-order valence-corrected chi connectivity index (χ3v) is 5.55. The molecule has 1 aromatic carbocycles. The number of rotatable bonds is 3. The van der Waals surface area contributed by atoms with Crippen molar-refractivity contribution in [3.63, 3.8) is 0 Å². The van der Waals surface area contributed by atoms with Crippen LogP contribution >= 0.6 is 11.6 Å². The molecule has 1 aliphatic carbocycles. The number of halogens is 1. The SMILES string of the molecule is Cc1ccc(C(=O)NC2CCN(C3CCCC3)CC2)cc1Cl. The molecule has 0 spiro atoms. The Kier molecular flexibility index (Phi) is 5.04. The Morgan fingerprint density at radius 3 is 2.50 bits per heavy atom. The number of amides is 1. The van der Waals surface area contributed by atoms with Crippen molar-refractivity contribution in [3.05, 3.63) is 34.3 Å². The molecule has 1 saturated carbocycles. The van der Waals surface area contributed by atoms with Gasteiger partial charge in [-0.2, -0.15) is 0 Å². The third-order valence-electron chi connectivity index (χ3n) is 5.14. The van der Waals surface area contributed by atoms with E-state index >= 15 is 0 Å². The number of hydrogen-bond donors (Lipinski definition) is 1. The molecule has 2 fully saturated rings. The first-order valence-electron chi connectivity index (χ1n) is 8.44. The molecule has 3 nitrogen and oxygen atoms in total. The molecule has 1 amide bonds. The molecule has 0 unspecified atom stereocenters. The minimum Gasteiger partial charge on any atom is -0.349 e. The van der Waals surface area contributed by atoms with E-state index in [1.807, 2.05) is 19.1 Å². The van der Waals surface area contributed by atoms with Crippen LogP contribution in [0.3, 0.4) is 0 Å². The van der Waals surface area contributed by atoms with E-state index < -0.39 is 0 Å². The van der Waals surface area contributed by atoms with Gasteiger partial charge in [0.15, 0.2) is 0 Å². The maximum atomic E-state index is 12.3. The smallest absolute Gasteiger partial charge is 0.251 e. The summed E-state index contributed by atoms with van der Waals surface area (Å²) in [7, 11) is 0. The zero-order valence-electron chi connectivity index (χ0n) is 13.3. The van der Waals surface area contributed by atoms with Crippen molar-refractivity contribution in [2.24, 2.45) is 0 Å². The van der Waals surface area contributed by atoms with Crippen LogP contribution in [-0.4, -0.2) is 36.0 Å². The van der Waals surface area contributed by atoms with Crippen molar-refractivity contribution < 1.29 is 4.79 Å². The van der Waals surface area contributed by atoms with Crippen LogP contribution in [0.1, 0.15) is 54.4 Å². The average molecular weight is 321 g/mol. The number of benzene rings is 1. The standard InChI is InChI=1S/C18H25ClN2O/c1-13-6-7-14(12-17(13)19)18(22)20-15-8-10-21(11-9-15)16-4-2-3-5-16/h6-7,12,15-16H,2-5,8-11H2,1H3,(H,20,22). The minimum atomic E-state index is 0.00113. The highest BCUT2D eigenvalue weighted by Crippen LogP contribution is 2.26. The third kappa shape index (κ3) is 3.64. The highest BCUT2D eigenvalue weighted by atomic mass is 35.5. The van der Waals surface area contributed by atoms with Gasteiger partial charge >= 0.3 is 0 Å². The first kappa shape index (κ1) is 15.8. The molecule has 1 heterocycles. The Morgan fingerprint density at radius 1 is 1.18 bits per heavy atom. The number of aryl methyl sites for hydroxylation is 1. The van der Waals surface area contributed by atoms with Gasteiger partial charge in [0, 0.05) is 35.8 Å². The van der Waals surface area contributed by atoms with Crippen LogP contribution in [0.25, 0.3) is 0 Å². The number of nitrogens with one attached hydrogen (secondary N) is 1. The molecular formula is C18H25ClN2O.